The number of hydrogen-bond donors (Lipinski definition) is 0. The minimum absolute atomic E-state index is 0.143. The van der Waals surface area contributed by atoms with E-state index in [1.807, 2.05) is 71.4 Å². The SMILES string of the molecule is [2H]c1c([2H])c([2H])c(-c2cccc(-c3c([2H])c([2H])c([2H])c([2H])c3[2H])c2-[n+]2[c-]n(-c3cccc(Oc4cc5c(cc4-n4c6ccccc6c6ccccc64)c4ccccc4n5-c4cc(N5c6ccccc6[Si](C)(C)c6ccccc65)ccn4)c3)c3ccccc32)c([2H])c1[2H]. The summed E-state index contributed by atoms with van der Waals surface area (Å²) in [5, 5.41) is 6.89. The molecule has 1 aliphatic heterocycles. The molecular formula is C74H52N6OSi. The largest absolute Gasteiger partial charge is 0.456 e. The van der Waals surface area contributed by atoms with Crippen molar-refractivity contribution in [2.24, 2.45) is 0 Å². The minimum Gasteiger partial charge on any atom is -0.456 e. The van der Waals surface area contributed by atoms with Crippen LogP contribution in [0.1, 0.15) is 13.7 Å². The van der Waals surface area contributed by atoms with Crippen LogP contribution in [0, 0.1) is 6.33 Å². The van der Waals surface area contributed by atoms with Crippen molar-refractivity contribution >= 4 is 90.2 Å². The summed E-state index contributed by atoms with van der Waals surface area (Å²) >= 11 is 0. The van der Waals surface area contributed by atoms with E-state index in [2.05, 4.69) is 167 Å². The highest BCUT2D eigenvalue weighted by Crippen LogP contribution is 2.45. The normalized spacial score (nSPS) is 14.5. The zero-order valence-electron chi connectivity index (χ0n) is 54.4. The van der Waals surface area contributed by atoms with E-state index in [1.54, 1.807) is 22.8 Å². The molecule has 0 atom stereocenters. The Hall–Kier alpha value is -10.5. The van der Waals surface area contributed by atoms with Crippen LogP contribution in [0.3, 0.4) is 0 Å². The van der Waals surface area contributed by atoms with Gasteiger partial charge < -0.3 is 14.2 Å². The van der Waals surface area contributed by atoms with E-state index in [4.69, 9.17) is 17.9 Å². The first-order chi connectivity index (χ1) is 44.6. The Kier molecular flexibility index (Phi) is 8.74. The molecule has 11 aromatic carbocycles. The summed E-state index contributed by atoms with van der Waals surface area (Å²) < 4.78 is 104. The summed E-state index contributed by atoms with van der Waals surface area (Å²) in [6.45, 7) is 4.84. The van der Waals surface area contributed by atoms with Crippen LogP contribution in [-0.4, -0.2) is 26.8 Å². The zero-order valence-corrected chi connectivity index (χ0v) is 45.4. The molecule has 0 spiro atoms. The molecule has 0 saturated heterocycles. The van der Waals surface area contributed by atoms with Crippen LogP contribution < -0.4 is 24.6 Å². The third-order valence-electron chi connectivity index (χ3n) is 16.1. The van der Waals surface area contributed by atoms with E-state index in [0.717, 1.165) is 72.2 Å². The van der Waals surface area contributed by atoms with Gasteiger partial charge in [-0.05, 0) is 93.3 Å². The molecule has 388 valence electrons. The molecule has 0 bridgehead atoms. The first-order valence-electron chi connectivity index (χ1n) is 32.1. The van der Waals surface area contributed by atoms with Crippen molar-refractivity contribution in [1.82, 2.24) is 18.7 Å². The highest BCUT2D eigenvalue weighted by Gasteiger charge is 2.38. The van der Waals surface area contributed by atoms with Crippen molar-refractivity contribution in [3.63, 3.8) is 0 Å². The molecule has 7 nitrogen and oxygen atoms in total. The molecule has 0 aliphatic carbocycles. The van der Waals surface area contributed by atoms with Gasteiger partial charge >= 0.3 is 0 Å². The summed E-state index contributed by atoms with van der Waals surface area (Å²) in [7, 11) is -2.08. The first kappa shape index (κ1) is 38.1. The van der Waals surface area contributed by atoms with Gasteiger partial charge in [-0.2, -0.15) is 0 Å². The van der Waals surface area contributed by atoms with Gasteiger partial charge in [0.25, 0.3) is 6.33 Å². The fourth-order valence-electron chi connectivity index (χ4n) is 12.5. The number of pyridine rings is 1. The third-order valence-corrected chi connectivity index (χ3v) is 19.6. The van der Waals surface area contributed by atoms with E-state index in [-0.39, 0.29) is 27.9 Å². The lowest BCUT2D eigenvalue weighted by Gasteiger charge is -2.41. The zero-order chi connectivity index (χ0) is 63.2. The van der Waals surface area contributed by atoms with Crippen LogP contribution in [0.25, 0.3) is 99.8 Å². The maximum absolute atomic E-state index is 9.20. The number of ether oxygens (including phenoxy) is 1. The number of nitrogens with zero attached hydrogens (tertiary/aromatic N) is 6. The third kappa shape index (κ3) is 7.42. The van der Waals surface area contributed by atoms with Crippen LogP contribution in [0.15, 0.2) is 279 Å². The number of para-hydroxylation sites is 8. The number of rotatable bonds is 9. The molecule has 0 saturated carbocycles. The van der Waals surface area contributed by atoms with Crippen molar-refractivity contribution in [3.05, 3.63) is 285 Å². The molecule has 4 aromatic heterocycles. The van der Waals surface area contributed by atoms with Crippen molar-refractivity contribution in [3.8, 4) is 56.6 Å². The Morgan fingerprint density at radius 1 is 0.463 bits per heavy atom. The number of aromatic nitrogens is 5. The molecule has 0 amide bonds. The predicted octanol–water partition coefficient (Wildman–Crippen LogP) is 17.0. The summed E-state index contributed by atoms with van der Waals surface area (Å²) in [6.07, 6.45) is 5.42. The van der Waals surface area contributed by atoms with Gasteiger partial charge in [0.05, 0.1) is 69.6 Å². The van der Waals surface area contributed by atoms with Gasteiger partial charge in [0, 0.05) is 51.2 Å². The minimum atomic E-state index is -2.08. The average molecular weight is 1080 g/mol. The van der Waals surface area contributed by atoms with Crippen molar-refractivity contribution in [2.75, 3.05) is 4.90 Å². The highest BCUT2D eigenvalue weighted by atomic mass is 28.3. The van der Waals surface area contributed by atoms with Gasteiger partial charge in [-0.1, -0.05) is 213 Å². The molecular weight excluding hydrogens is 1020 g/mol. The number of imidazole rings is 1. The number of benzene rings is 11. The van der Waals surface area contributed by atoms with Crippen LogP contribution in [-0.2, 0) is 0 Å². The molecule has 0 N–H and O–H groups in total. The maximum Gasteiger partial charge on any atom is 0.269 e. The molecule has 82 heavy (non-hydrogen) atoms. The van der Waals surface area contributed by atoms with E-state index in [0.29, 0.717) is 28.2 Å². The highest BCUT2D eigenvalue weighted by molar-refractivity contribution is 7.02. The van der Waals surface area contributed by atoms with Crippen LogP contribution >= 0.6 is 0 Å². The van der Waals surface area contributed by atoms with Gasteiger partial charge in [-0.15, -0.1) is 0 Å². The Bertz CT molecular complexity index is 5410. The van der Waals surface area contributed by atoms with Crippen LogP contribution in [0.4, 0.5) is 17.1 Å². The van der Waals surface area contributed by atoms with Crippen molar-refractivity contribution in [1.29, 1.82) is 0 Å². The monoisotopic (exact) mass is 1080 g/mol. The van der Waals surface area contributed by atoms with Crippen LogP contribution in [0.2, 0.25) is 13.1 Å². The molecule has 16 rings (SSSR count). The van der Waals surface area contributed by atoms with E-state index in [1.165, 1.54) is 10.4 Å². The van der Waals surface area contributed by atoms with E-state index in [9.17, 15) is 5.48 Å². The van der Waals surface area contributed by atoms with Gasteiger partial charge in [0.15, 0.2) is 5.75 Å². The molecule has 0 fully saturated rings. The van der Waals surface area contributed by atoms with Gasteiger partial charge in [-0.3, -0.25) is 13.7 Å². The molecule has 8 heteroatoms. The topological polar surface area (TPSA) is 44.0 Å². The Morgan fingerprint density at radius 2 is 1.01 bits per heavy atom. The lowest BCUT2D eigenvalue weighted by atomic mass is 9.95. The molecule has 1 aliphatic rings. The standard InChI is InChI=1S/C74H52N6OSi/c1-82(2)71-41-19-17-39-66(71)78(67-40-18-20-42-72(67)82)53-43-44-75-73(46-53)80-63-36-14-11-31-59(63)60-47-69(79-61-34-12-9-29-57(61)58-30-10-13-35-62(58)79)70(48-68(60)80)81-54-28-21-27-52(45-54)76-49-77(65-38-16-15-37-64(65)76)74-55(50-23-5-3-6-24-50)32-22-33-56(74)51-25-7-4-8-26-51/h3-48H,1-2H3/i3D,4D,5D,6D,7D,8D,23D,24D,25D,26D. The first-order valence-corrected chi connectivity index (χ1v) is 30.1. The second-order valence-electron chi connectivity index (χ2n) is 21.0. The Labute approximate surface area is 489 Å². The summed E-state index contributed by atoms with van der Waals surface area (Å²) in [5.41, 5.74) is 9.82. The number of anilines is 3. The average Bonchev–Trinajstić information content (AvgIpc) is 1.22. The fourth-order valence-corrected chi connectivity index (χ4v) is 15.5. The van der Waals surface area contributed by atoms with Gasteiger partial charge in [0.1, 0.15) is 19.6 Å². The van der Waals surface area contributed by atoms with Crippen molar-refractivity contribution in [2.45, 2.75) is 13.1 Å². The molecule has 15 aromatic rings. The summed E-state index contributed by atoms with van der Waals surface area (Å²) in [6, 6.07) is 65.8. The molecule has 5 heterocycles. The van der Waals surface area contributed by atoms with E-state index >= 15 is 0 Å². The Morgan fingerprint density at radius 3 is 1.66 bits per heavy atom. The van der Waals surface area contributed by atoms with E-state index < -0.39 is 68.5 Å². The molecule has 0 radical (unpaired) electrons. The number of fused-ring (bicyclic) bond motifs is 9. The Balaban J connectivity index is 0.904. The van der Waals surface area contributed by atoms with Crippen molar-refractivity contribution < 1.29 is 23.0 Å². The lowest BCUT2D eigenvalue weighted by Crippen LogP contribution is -2.58. The smallest absolute Gasteiger partial charge is 0.269 e. The number of hydrogen-bond acceptors (Lipinski definition) is 3. The predicted molar refractivity (Wildman–Crippen MR) is 339 cm³/mol. The lowest BCUT2D eigenvalue weighted by molar-refractivity contribution is -0.571. The molecule has 0 unspecified atom stereocenters. The summed E-state index contributed by atoms with van der Waals surface area (Å²) in [5.74, 6) is 1.73. The fraction of sp³-hybridized carbons (Fsp3) is 0.0270. The second kappa shape index (κ2) is 18.8. The van der Waals surface area contributed by atoms with Gasteiger partial charge in [-0.25, -0.2) is 4.98 Å². The second-order valence-corrected chi connectivity index (χ2v) is 25.3. The maximum atomic E-state index is 9.20. The van der Waals surface area contributed by atoms with Crippen LogP contribution in [0.5, 0.6) is 11.5 Å². The van der Waals surface area contributed by atoms with Gasteiger partial charge in [0.2, 0.25) is 0 Å². The quantitative estimate of drug-likeness (QED) is 0.0822. The summed E-state index contributed by atoms with van der Waals surface area (Å²) in [4.78, 5) is 7.54.